The Labute approximate surface area is 171 Å². The number of rotatable bonds is 7. The first-order valence-corrected chi connectivity index (χ1v) is 10.9. The van der Waals surface area contributed by atoms with Crippen LogP contribution in [0.4, 0.5) is 0 Å². The lowest BCUT2D eigenvalue weighted by Crippen LogP contribution is -2.28. The first kappa shape index (κ1) is 20.2. The molecular formula is C19H21N5O2S2. The highest BCUT2D eigenvalue weighted by molar-refractivity contribution is 7.98. The highest BCUT2D eigenvalue weighted by Crippen LogP contribution is 2.25. The van der Waals surface area contributed by atoms with E-state index in [1.165, 1.54) is 23.1 Å². The SMILES string of the molecule is CSc1nc(C)c(CCC(=O)NC(C)c2nc(-c3ccncc3)cs2)c(=O)[nH]1. The molecule has 1 unspecified atom stereocenters. The van der Waals surface area contributed by atoms with E-state index in [2.05, 4.69) is 25.3 Å². The molecule has 9 heteroatoms. The van der Waals surface area contributed by atoms with Gasteiger partial charge in [-0.15, -0.1) is 11.3 Å². The number of aromatic amines is 1. The molecule has 0 aromatic carbocycles. The van der Waals surface area contributed by atoms with Crippen molar-refractivity contribution in [1.82, 2.24) is 25.3 Å². The van der Waals surface area contributed by atoms with Crippen LogP contribution in [0.3, 0.4) is 0 Å². The van der Waals surface area contributed by atoms with E-state index in [0.29, 0.717) is 22.8 Å². The van der Waals surface area contributed by atoms with E-state index in [0.717, 1.165) is 16.3 Å². The zero-order valence-electron chi connectivity index (χ0n) is 15.9. The molecule has 28 heavy (non-hydrogen) atoms. The van der Waals surface area contributed by atoms with Crippen molar-refractivity contribution < 1.29 is 4.79 Å². The molecule has 1 amide bonds. The van der Waals surface area contributed by atoms with Crippen LogP contribution in [0.5, 0.6) is 0 Å². The summed E-state index contributed by atoms with van der Waals surface area (Å²) in [6.45, 7) is 3.70. The Bertz CT molecular complexity index is 1020. The van der Waals surface area contributed by atoms with Gasteiger partial charge in [-0.05, 0) is 38.7 Å². The third-order valence-corrected chi connectivity index (χ3v) is 5.85. The molecule has 0 aliphatic carbocycles. The molecule has 0 bridgehead atoms. The monoisotopic (exact) mass is 415 g/mol. The first-order valence-electron chi connectivity index (χ1n) is 8.77. The number of aryl methyl sites for hydroxylation is 1. The van der Waals surface area contributed by atoms with Crippen molar-refractivity contribution in [2.75, 3.05) is 6.26 Å². The number of amides is 1. The number of nitrogens with zero attached hydrogens (tertiary/aromatic N) is 3. The molecule has 0 radical (unpaired) electrons. The van der Waals surface area contributed by atoms with Crippen molar-refractivity contribution in [3.05, 3.63) is 56.5 Å². The van der Waals surface area contributed by atoms with E-state index >= 15 is 0 Å². The number of nitrogens with one attached hydrogen (secondary N) is 2. The zero-order chi connectivity index (χ0) is 20.1. The van der Waals surface area contributed by atoms with Gasteiger partial charge in [-0.25, -0.2) is 9.97 Å². The fraction of sp³-hybridized carbons (Fsp3) is 0.316. The van der Waals surface area contributed by atoms with Gasteiger partial charge in [0, 0.05) is 41.0 Å². The van der Waals surface area contributed by atoms with Crippen molar-refractivity contribution in [2.24, 2.45) is 0 Å². The minimum absolute atomic E-state index is 0.124. The first-order chi connectivity index (χ1) is 13.5. The number of hydrogen-bond acceptors (Lipinski definition) is 7. The minimum atomic E-state index is -0.204. The molecule has 0 aliphatic rings. The minimum Gasteiger partial charge on any atom is -0.347 e. The van der Waals surface area contributed by atoms with Crippen molar-refractivity contribution in [3.8, 4) is 11.3 Å². The second kappa shape index (κ2) is 9.11. The van der Waals surface area contributed by atoms with Gasteiger partial charge in [0.2, 0.25) is 5.91 Å². The van der Waals surface area contributed by atoms with Gasteiger partial charge < -0.3 is 10.3 Å². The molecule has 0 saturated carbocycles. The van der Waals surface area contributed by atoms with Gasteiger partial charge in [0.1, 0.15) is 5.01 Å². The lowest BCUT2D eigenvalue weighted by Gasteiger charge is -2.11. The summed E-state index contributed by atoms with van der Waals surface area (Å²) in [5, 5.41) is 6.34. The smallest absolute Gasteiger partial charge is 0.254 e. The number of carbonyl (C=O) groups excluding carboxylic acids is 1. The summed E-state index contributed by atoms with van der Waals surface area (Å²) in [6, 6.07) is 3.60. The Morgan fingerprint density at radius 3 is 2.75 bits per heavy atom. The summed E-state index contributed by atoms with van der Waals surface area (Å²) in [5.41, 5.74) is 2.89. The average molecular weight is 416 g/mol. The van der Waals surface area contributed by atoms with Crippen LogP contribution in [0.25, 0.3) is 11.3 Å². The lowest BCUT2D eigenvalue weighted by molar-refractivity contribution is -0.121. The predicted molar refractivity (Wildman–Crippen MR) is 112 cm³/mol. The molecule has 2 N–H and O–H groups in total. The Kier molecular flexibility index (Phi) is 6.58. The number of thiazole rings is 1. The number of aromatic nitrogens is 4. The summed E-state index contributed by atoms with van der Waals surface area (Å²) in [6.07, 6.45) is 5.87. The van der Waals surface area contributed by atoms with Crippen molar-refractivity contribution in [3.63, 3.8) is 0 Å². The van der Waals surface area contributed by atoms with Crippen LogP contribution in [-0.2, 0) is 11.2 Å². The third kappa shape index (κ3) is 4.85. The standard InChI is InChI=1S/C19H21N5O2S2/c1-11-14(17(26)24-19(22-11)27-3)4-5-16(25)21-12(2)18-23-15(10-28-18)13-6-8-20-9-7-13/h6-10,12H,4-5H2,1-3H3,(H,21,25)(H,22,24,26). The summed E-state index contributed by atoms with van der Waals surface area (Å²) >= 11 is 2.89. The third-order valence-electron chi connectivity index (χ3n) is 4.24. The molecular weight excluding hydrogens is 394 g/mol. The van der Waals surface area contributed by atoms with Gasteiger partial charge in [-0.2, -0.15) is 0 Å². The topological polar surface area (TPSA) is 101 Å². The average Bonchev–Trinajstić information content (AvgIpc) is 3.18. The number of thioether (sulfide) groups is 1. The van der Waals surface area contributed by atoms with Crippen molar-refractivity contribution in [2.45, 2.75) is 37.9 Å². The molecule has 3 aromatic rings. The van der Waals surface area contributed by atoms with Gasteiger partial charge in [0.25, 0.3) is 5.56 Å². The maximum atomic E-state index is 12.3. The van der Waals surface area contributed by atoms with E-state index in [4.69, 9.17) is 0 Å². The molecule has 0 aliphatic heterocycles. The van der Waals surface area contributed by atoms with Gasteiger partial charge in [0.15, 0.2) is 5.16 Å². The summed E-state index contributed by atoms with van der Waals surface area (Å²) in [7, 11) is 0. The fourth-order valence-electron chi connectivity index (χ4n) is 2.73. The second-order valence-corrected chi connectivity index (χ2v) is 7.92. The van der Waals surface area contributed by atoms with Gasteiger partial charge >= 0.3 is 0 Å². The molecule has 0 fully saturated rings. The Balaban J connectivity index is 1.60. The Morgan fingerprint density at radius 2 is 2.07 bits per heavy atom. The van der Waals surface area contributed by atoms with E-state index in [1.807, 2.05) is 30.7 Å². The molecule has 3 rings (SSSR count). The Hall–Kier alpha value is -2.52. The predicted octanol–water partition coefficient (Wildman–Crippen LogP) is 3.13. The van der Waals surface area contributed by atoms with Gasteiger partial charge in [-0.1, -0.05) is 11.8 Å². The van der Waals surface area contributed by atoms with Crippen LogP contribution in [0.1, 0.15) is 35.7 Å². The zero-order valence-corrected chi connectivity index (χ0v) is 17.5. The molecule has 3 aromatic heterocycles. The van der Waals surface area contributed by atoms with Crippen LogP contribution in [0.2, 0.25) is 0 Å². The van der Waals surface area contributed by atoms with Crippen LogP contribution < -0.4 is 10.9 Å². The van der Waals surface area contributed by atoms with E-state index in [1.54, 1.807) is 19.3 Å². The molecule has 7 nitrogen and oxygen atoms in total. The molecule has 3 heterocycles. The quantitative estimate of drug-likeness (QED) is 0.454. The van der Waals surface area contributed by atoms with Crippen molar-refractivity contribution in [1.29, 1.82) is 0 Å². The summed E-state index contributed by atoms with van der Waals surface area (Å²) in [5.74, 6) is -0.124. The summed E-state index contributed by atoms with van der Waals surface area (Å²) in [4.78, 5) is 40.2. The molecule has 0 saturated heterocycles. The Morgan fingerprint density at radius 1 is 1.32 bits per heavy atom. The molecule has 146 valence electrons. The largest absolute Gasteiger partial charge is 0.347 e. The summed E-state index contributed by atoms with van der Waals surface area (Å²) < 4.78 is 0. The van der Waals surface area contributed by atoms with Crippen molar-refractivity contribution >= 4 is 29.0 Å². The highest BCUT2D eigenvalue weighted by atomic mass is 32.2. The number of carbonyl (C=O) groups is 1. The van der Waals surface area contributed by atoms with Gasteiger partial charge in [0.05, 0.1) is 11.7 Å². The number of hydrogen-bond donors (Lipinski definition) is 2. The van der Waals surface area contributed by atoms with Crippen LogP contribution in [0.15, 0.2) is 39.9 Å². The maximum absolute atomic E-state index is 12.3. The second-order valence-electron chi connectivity index (χ2n) is 6.24. The normalized spacial score (nSPS) is 12.0. The van der Waals surface area contributed by atoms with Crippen LogP contribution in [0, 0.1) is 6.92 Å². The fourth-order valence-corrected chi connectivity index (χ4v) is 3.99. The van der Waals surface area contributed by atoms with Crippen LogP contribution >= 0.6 is 23.1 Å². The lowest BCUT2D eigenvalue weighted by atomic mass is 10.1. The maximum Gasteiger partial charge on any atom is 0.254 e. The van der Waals surface area contributed by atoms with E-state index in [-0.39, 0.29) is 23.9 Å². The number of H-pyrrole nitrogens is 1. The van der Waals surface area contributed by atoms with E-state index in [9.17, 15) is 9.59 Å². The highest BCUT2D eigenvalue weighted by Gasteiger charge is 2.16. The molecule has 1 atom stereocenters. The number of pyridine rings is 1. The van der Waals surface area contributed by atoms with Gasteiger partial charge in [-0.3, -0.25) is 14.6 Å². The van der Waals surface area contributed by atoms with Crippen LogP contribution in [-0.4, -0.2) is 32.1 Å². The van der Waals surface area contributed by atoms with E-state index < -0.39 is 0 Å². The molecule has 0 spiro atoms.